The fourth-order valence-corrected chi connectivity index (χ4v) is 2.39. The molecule has 0 aliphatic carbocycles. The highest BCUT2D eigenvalue weighted by atomic mass is 35.5. The molecule has 1 atom stereocenters. The molecule has 25 heavy (non-hydrogen) atoms. The number of carbonyl (C=O) groups is 1. The lowest BCUT2D eigenvalue weighted by Crippen LogP contribution is -2.34. The third kappa shape index (κ3) is 10.2. The second-order valence-electron chi connectivity index (χ2n) is 5.91. The molecule has 1 aromatic carbocycles. The fourth-order valence-electron chi connectivity index (χ4n) is 2.39. The summed E-state index contributed by atoms with van der Waals surface area (Å²) in [4.78, 5) is 14.2. The van der Waals surface area contributed by atoms with Crippen LogP contribution in [-0.2, 0) is 4.74 Å². The van der Waals surface area contributed by atoms with Crippen LogP contribution >= 0.6 is 12.4 Å². The number of hydrogen-bond donors (Lipinski definition) is 1. The van der Waals surface area contributed by atoms with E-state index < -0.39 is 6.09 Å². The van der Waals surface area contributed by atoms with E-state index in [0.29, 0.717) is 5.69 Å². The Hall–Kier alpha value is -1.46. The van der Waals surface area contributed by atoms with E-state index in [1.165, 1.54) is 12.8 Å². The second-order valence-corrected chi connectivity index (χ2v) is 5.91. The number of rotatable bonds is 11. The minimum atomic E-state index is -0.425. The monoisotopic (exact) mass is 372 g/mol. The first-order chi connectivity index (χ1) is 11.6. The van der Waals surface area contributed by atoms with Crippen LogP contribution in [0.25, 0.3) is 0 Å². The molecular formula is C19H33ClN2O3. The number of anilines is 1. The minimum absolute atomic E-state index is 0. The lowest BCUT2D eigenvalue weighted by atomic mass is 10.2. The highest BCUT2D eigenvalue weighted by Crippen LogP contribution is 2.16. The van der Waals surface area contributed by atoms with Crippen LogP contribution < -0.4 is 10.1 Å². The first-order valence-electron chi connectivity index (χ1n) is 9.01. The van der Waals surface area contributed by atoms with Gasteiger partial charge in [-0.05, 0) is 50.7 Å². The van der Waals surface area contributed by atoms with Crippen LogP contribution in [0.3, 0.4) is 0 Å². The van der Waals surface area contributed by atoms with Gasteiger partial charge in [0.15, 0.2) is 0 Å². The summed E-state index contributed by atoms with van der Waals surface area (Å²) in [5.41, 5.74) is 0.705. The van der Waals surface area contributed by atoms with Crippen molar-refractivity contribution in [3.05, 3.63) is 24.3 Å². The molecule has 144 valence electrons. The van der Waals surface area contributed by atoms with E-state index in [1.807, 2.05) is 31.2 Å². The van der Waals surface area contributed by atoms with Gasteiger partial charge in [-0.25, -0.2) is 4.79 Å². The van der Waals surface area contributed by atoms with Crippen LogP contribution in [0.5, 0.6) is 5.75 Å². The molecule has 0 aliphatic rings. The summed E-state index contributed by atoms with van der Waals surface area (Å²) in [7, 11) is 0. The van der Waals surface area contributed by atoms with Gasteiger partial charge in [0, 0.05) is 12.2 Å². The van der Waals surface area contributed by atoms with E-state index in [4.69, 9.17) is 9.47 Å². The minimum Gasteiger partial charge on any atom is -0.494 e. The zero-order chi connectivity index (χ0) is 17.8. The van der Waals surface area contributed by atoms with E-state index >= 15 is 0 Å². The molecule has 0 saturated heterocycles. The normalized spacial score (nSPS) is 11.6. The van der Waals surface area contributed by atoms with Gasteiger partial charge in [-0.3, -0.25) is 5.32 Å². The van der Waals surface area contributed by atoms with Gasteiger partial charge in [0.1, 0.15) is 11.9 Å². The van der Waals surface area contributed by atoms with Crippen LogP contribution in [0.1, 0.15) is 47.0 Å². The number of ether oxygens (including phenoxy) is 2. The maximum absolute atomic E-state index is 11.9. The maximum Gasteiger partial charge on any atom is 0.411 e. The number of hydrogen-bond acceptors (Lipinski definition) is 4. The Bertz CT molecular complexity index is 464. The number of nitrogens with one attached hydrogen (secondary N) is 1. The van der Waals surface area contributed by atoms with Crippen molar-refractivity contribution in [3.8, 4) is 5.75 Å². The van der Waals surface area contributed by atoms with Crippen LogP contribution in [-0.4, -0.2) is 43.3 Å². The van der Waals surface area contributed by atoms with Gasteiger partial charge in [0.2, 0.25) is 0 Å². The van der Waals surface area contributed by atoms with Gasteiger partial charge < -0.3 is 14.4 Å². The molecule has 6 heteroatoms. The summed E-state index contributed by atoms with van der Waals surface area (Å²) in [6, 6.07) is 7.37. The van der Waals surface area contributed by atoms with Crippen LogP contribution in [0.15, 0.2) is 24.3 Å². The standard InChI is InChI=1S/C19H32N2O3.ClH/c1-5-8-9-14-23-18-12-10-17(11-13-18)20-19(22)24-16(4)15-21(6-2)7-3;/h10-13,16H,5-9,14-15H2,1-4H3,(H,20,22);1H. The molecule has 0 saturated carbocycles. The molecule has 1 rings (SSSR count). The quantitative estimate of drug-likeness (QED) is 0.558. The molecule has 5 nitrogen and oxygen atoms in total. The average Bonchev–Trinajstić information content (AvgIpc) is 2.58. The van der Waals surface area contributed by atoms with E-state index in [2.05, 4.69) is 31.0 Å². The molecule has 0 aromatic heterocycles. The van der Waals surface area contributed by atoms with Crippen molar-refractivity contribution in [2.75, 3.05) is 31.6 Å². The van der Waals surface area contributed by atoms with Gasteiger partial charge in [-0.2, -0.15) is 0 Å². The van der Waals surface area contributed by atoms with Crippen molar-refractivity contribution < 1.29 is 14.3 Å². The summed E-state index contributed by atoms with van der Waals surface area (Å²) in [6.45, 7) is 11.6. The van der Waals surface area contributed by atoms with Crippen LogP contribution in [0.2, 0.25) is 0 Å². The Kier molecular flexibility index (Phi) is 13.0. The van der Waals surface area contributed by atoms with Gasteiger partial charge >= 0.3 is 6.09 Å². The Labute approximate surface area is 158 Å². The number of likely N-dealkylation sites (N-methyl/N-ethyl adjacent to an activating group) is 1. The highest BCUT2D eigenvalue weighted by Gasteiger charge is 2.12. The summed E-state index contributed by atoms with van der Waals surface area (Å²) < 4.78 is 11.0. The number of benzene rings is 1. The first kappa shape index (κ1) is 23.5. The summed E-state index contributed by atoms with van der Waals surface area (Å²) in [5, 5.41) is 2.75. The predicted molar refractivity (Wildman–Crippen MR) is 106 cm³/mol. The number of halogens is 1. The zero-order valence-corrected chi connectivity index (χ0v) is 16.7. The average molecular weight is 373 g/mol. The lowest BCUT2D eigenvalue weighted by Gasteiger charge is -2.22. The Morgan fingerprint density at radius 3 is 2.32 bits per heavy atom. The van der Waals surface area contributed by atoms with Gasteiger partial charge in [-0.15, -0.1) is 12.4 Å². The van der Waals surface area contributed by atoms with Crippen LogP contribution in [0.4, 0.5) is 10.5 Å². The van der Waals surface area contributed by atoms with E-state index in [0.717, 1.165) is 38.4 Å². The smallest absolute Gasteiger partial charge is 0.411 e. The molecule has 1 unspecified atom stereocenters. The van der Waals surface area contributed by atoms with Gasteiger partial charge in [-0.1, -0.05) is 33.6 Å². The van der Waals surface area contributed by atoms with Crippen molar-refractivity contribution >= 4 is 24.2 Å². The van der Waals surface area contributed by atoms with E-state index in [9.17, 15) is 4.79 Å². The molecule has 0 radical (unpaired) electrons. The van der Waals surface area contributed by atoms with Crippen molar-refractivity contribution in [1.29, 1.82) is 0 Å². The highest BCUT2D eigenvalue weighted by molar-refractivity contribution is 5.85. The molecule has 0 spiro atoms. The van der Waals surface area contributed by atoms with Crippen molar-refractivity contribution in [2.24, 2.45) is 0 Å². The third-order valence-corrected chi connectivity index (χ3v) is 3.84. The molecule has 0 heterocycles. The Morgan fingerprint density at radius 1 is 1.12 bits per heavy atom. The topological polar surface area (TPSA) is 50.8 Å². The molecule has 0 bridgehead atoms. The van der Waals surface area contributed by atoms with E-state index in [-0.39, 0.29) is 18.5 Å². The SMILES string of the molecule is CCCCCOc1ccc(NC(=O)OC(C)CN(CC)CC)cc1.Cl. The fraction of sp³-hybridized carbons (Fsp3) is 0.632. The van der Waals surface area contributed by atoms with Crippen LogP contribution in [0, 0.1) is 0 Å². The number of unbranched alkanes of at least 4 members (excludes halogenated alkanes) is 2. The molecular weight excluding hydrogens is 340 g/mol. The van der Waals surface area contributed by atoms with Crippen molar-refractivity contribution in [1.82, 2.24) is 4.90 Å². The predicted octanol–water partition coefficient (Wildman–Crippen LogP) is 4.96. The molecule has 0 fully saturated rings. The van der Waals surface area contributed by atoms with Crippen molar-refractivity contribution in [2.45, 2.75) is 53.1 Å². The molecule has 1 N–H and O–H groups in total. The molecule has 1 aromatic rings. The number of nitrogens with zero attached hydrogens (tertiary/aromatic N) is 1. The van der Waals surface area contributed by atoms with E-state index in [1.54, 1.807) is 0 Å². The van der Waals surface area contributed by atoms with Crippen molar-refractivity contribution in [3.63, 3.8) is 0 Å². The Balaban J connectivity index is 0.00000576. The number of carbonyl (C=O) groups excluding carboxylic acids is 1. The maximum atomic E-state index is 11.9. The molecule has 1 amide bonds. The lowest BCUT2D eigenvalue weighted by molar-refractivity contribution is 0.0929. The summed E-state index contributed by atoms with van der Waals surface area (Å²) in [6.07, 6.45) is 2.85. The zero-order valence-electron chi connectivity index (χ0n) is 15.9. The summed E-state index contributed by atoms with van der Waals surface area (Å²) in [5.74, 6) is 0.819. The van der Waals surface area contributed by atoms with Gasteiger partial charge in [0.05, 0.1) is 6.61 Å². The summed E-state index contributed by atoms with van der Waals surface area (Å²) >= 11 is 0. The third-order valence-electron chi connectivity index (χ3n) is 3.84. The molecule has 0 aliphatic heterocycles. The largest absolute Gasteiger partial charge is 0.494 e. The Morgan fingerprint density at radius 2 is 1.76 bits per heavy atom. The second kappa shape index (κ2) is 13.8. The first-order valence-corrected chi connectivity index (χ1v) is 9.01. The van der Waals surface area contributed by atoms with Gasteiger partial charge in [0.25, 0.3) is 0 Å². The number of amides is 1.